The summed E-state index contributed by atoms with van der Waals surface area (Å²) >= 11 is 2.21. The molecule has 1 aromatic rings. The summed E-state index contributed by atoms with van der Waals surface area (Å²) in [4.78, 5) is 11.2. The van der Waals surface area contributed by atoms with E-state index >= 15 is 0 Å². The highest BCUT2D eigenvalue weighted by molar-refractivity contribution is 14.1. The summed E-state index contributed by atoms with van der Waals surface area (Å²) < 4.78 is 1.14. The van der Waals surface area contributed by atoms with Crippen molar-refractivity contribution in [3.63, 3.8) is 0 Å². The molecule has 0 aliphatic carbocycles. The standard InChI is InChI=1S/C9H11IN2O/c1-6(11)9(13)12-8-4-2-7(10)3-5-8/h2-6H,11H2,1H3,(H,12,13)/t6-/m1/s1. The van der Waals surface area contributed by atoms with E-state index in [-0.39, 0.29) is 5.91 Å². The predicted molar refractivity (Wildman–Crippen MR) is 61.4 cm³/mol. The Morgan fingerprint density at radius 2 is 2.00 bits per heavy atom. The molecule has 70 valence electrons. The highest BCUT2D eigenvalue weighted by atomic mass is 127. The van der Waals surface area contributed by atoms with Gasteiger partial charge < -0.3 is 11.1 Å². The largest absolute Gasteiger partial charge is 0.325 e. The SMILES string of the molecule is C[C@@H](N)C(=O)Nc1ccc(I)cc1. The van der Waals surface area contributed by atoms with Crippen molar-refractivity contribution in [3.05, 3.63) is 27.8 Å². The zero-order valence-electron chi connectivity index (χ0n) is 7.25. The zero-order chi connectivity index (χ0) is 9.84. The van der Waals surface area contributed by atoms with E-state index in [1.165, 1.54) is 0 Å². The maximum atomic E-state index is 11.2. The molecule has 0 radical (unpaired) electrons. The number of anilines is 1. The Morgan fingerprint density at radius 1 is 1.46 bits per heavy atom. The van der Waals surface area contributed by atoms with E-state index in [4.69, 9.17) is 5.73 Å². The molecule has 0 bridgehead atoms. The summed E-state index contributed by atoms with van der Waals surface area (Å²) in [5.74, 6) is -0.166. The fraction of sp³-hybridized carbons (Fsp3) is 0.222. The predicted octanol–water partition coefficient (Wildman–Crippen LogP) is 1.58. The Hall–Kier alpha value is -0.620. The molecule has 0 saturated carbocycles. The number of hydrogen-bond donors (Lipinski definition) is 2. The first-order valence-electron chi connectivity index (χ1n) is 3.91. The Morgan fingerprint density at radius 3 is 2.46 bits per heavy atom. The average Bonchev–Trinajstić information content (AvgIpc) is 2.08. The average molecular weight is 290 g/mol. The number of benzene rings is 1. The monoisotopic (exact) mass is 290 g/mol. The van der Waals surface area contributed by atoms with Crippen LogP contribution >= 0.6 is 22.6 Å². The minimum atomic E-state index is -0.473. The molecular weight excluding hydrogens is 279 g/mol. The van der Waals surface area contributed by atoms with Crippen LogP contribution in [0.15, 0.2) is 24.3 Å². The van der Waals surface area contributed by atoms with Crippen LogP contribution in [0.25, 0.3) is 0 Å². The van der Waals surface area contributed by atoms with Gasteiger partial charge in [0.05, 0.1) is 6.04 Å². The molecule has 0 fully saturated rings. The number of carbonyl (C=O) groups is 1. The van der Waals surface area contributed by atoms with E-state index in [1.807, 2.05) is 24.3 Å². The molecule has 0 heterocycles. The quantitative estimate of drug-likeness (QED) is 0.812. The number of amides is 1. The van der Waals surface area contributed by atoms with Gasteiger partial charge in [-0.3, -0.25) is 4.79 Å². The van der Waals surface area contributed by atoms with Gasteiger partial charge in [-0.15, -0.1) is 0 Å². The van der Waals surface area contributed by atoms with Gasteiger partial charge in [0.2, 0.25) is 5.91 Å². The molecule has 0 aromatic heterocycles. The van der Waals surface area contributed by atoms with Gasteiger partial charge in [-0.25, -0.2) is 0 Å². The fourth-order valence-electron chi connectivity index (χ4n) is 0.789. The lowest BCUT2D eigenvalue weighted by atomic mass is 10.3. The number of rotatable bonds is 2. The summed E-state index contributed by atoms with van der Waals surface area (Å²) in [6.45, 7) is 1.65. The van der Waals surface area contributed by atoms with Crippen molar-refractivity contribution >= 4 is 34.2 Å². The fourth-order valence-corrected chi connectivity index (χ4v) is 1.15. The lowest BCUT2D eigenvalue weighted by Gasteiger charge is -2.07. The topological polar surface area (TPSA) is 55.1 Å². The Kier molecular flexibility index (Phi) is 3.68. The maximum absolute atomic E-state index is 11.2. The number of carbonyl (C=O) groups excluding carboxylic acids is 1. The van der Waals surface area contributed by atoms with Crippen LogP contribution in [0.1, 0.15) is 6.92 Å². The van der Waals surface area contributed by atoms with Crippen molar-refractivity contribution in [3.8, 4) is 0 Å². The van der Waals surface area contributed by atoms with Crippen LogP contribution in [0.4, 0.5) is 5.69 Å². The highest BCUT2D eigenvalue weighted by Gasteiger charge is 2.06. The van der Waals surface area contributed by atoms with Crippen LogP contribution < -0.4 is 11.1 Å². The summed E-state index contributed by atoms with van der Waals surface area (Å²) in [5, 5.41) is 2.70. The van der Waals surface area contributed by atoms with Gasteiger partial charge in [0.15, 0.2) is 0 Å². The molecule has 1 amide bonds. The summed E-state index contributed by atoms with van der Waals surface area (Å²) in [5.41, 5.74) is 6.18. The van der Waals surface area contributed by atoms with Crippen LogP contribution in [-0.2, 0) is 4.79 Å². The Balaban J connectivity index is 2.65. The minimum absolute atomic E-state index is 0.166. The number of halogens is 1. The van der Waals surface area contributed by atoms with Gasteiger partial charge in [-0.05, 0) is 53.8 Å². The minimum Gasteiger partial charge on any atom is -0.325 e. The summed E-state index contributed by atoms with van der Waals surface area (Å²) in [6, 6.07) is 7.08. The van der Waals surface area contributed by atoms with Gasteiger partial charge in [0.25, 0.3) is 0 Å². The molecular formula is C9H11IN2O. The van der Waals surface area contributed by atoms with E-state index in [1.54, 1.807) is 6.92 Å². The zero-order valence-corrected chi connectivity index (χ0v) is 9.41. The molecule has 0 unspecified atom stereocenters. The van der Waals surface area contributed by atoms with Gasteiger partial charge >= 0.3 is 0 Å². The van der Waals surface area contributed by atoms with Crippen LogP contribution in [-0.4, -0.2) is 11.9 Å². The third-order valence-corrected chi connectivity index (χ3v) is 2.24. The van der Waals surface area contributed by atoms with Crippen molar-refractivity contribution in [1.29, 1.82) is 0 Å². The molecule has 0 spiro atoms. The first kappa shape index (κ1) is 10.5. The first-order chi connectivity index (χ1) is 6.09. The molecule has 0 aliphatic heterocycles. The molecule has 0 saturated heterocycles. The number of nitrogens with two attached hydrogens (primary N) is 1. The van der Waals surface area contributed by atoms with Gasteiger partial charge in [0, 0.05) is 9.26 Å². The van der Waals surface area contributed by atoms with E-state index < -0.39 is 6.04 Å². The Labute approximate surface area is 90.8 Å². The van der Waals surface area contributed by atoms with Crippen molar-refractivity contribution in [2.75, 3.05) is 5.32 Å². The van der Waals surface area contributed by atoms with Crippen LogP contribution in [0, 0.1) is 3.57 Å². The lowest BCUT2D eigenvalue weighted by molar-refractivity contribution is -0.117. The second kappa shape index (κ2) is 4.57. The van der Waals surface area contributed by atoms with E-state index in [9.17, 15) is 4.79 Å². The molecule has 1 atom stereocenters. The molecule has 4 heteroatoms. The normalized spacial score (nSPS) is 12.2. The smallest absolute Gasteiger partial charge is 0.240 e. The number of nitrogens with one attached hydrogen (secondary N) is 1. The van der Waals surface area contributed by atoms with Crippen molar-refractivity contribution in [2.24, 2.45) is 5.73 Å². The van der Waals surface area contributed by atoms with Crippen molar-refractivity contribution < 1.29 is 4.79 Å². The molecule has 13 heavy (non-hydrogen) atoms. The third kappa shape index (κ3) is 3.31. The molecule has 0 aliphatic rings. The summed E-state index contributed by atoms with van der Waals surface area (Å²) in [7, 11) is 0. The molecule has 3 nitrogen and oxygen atoms in total. The first-order valence-corrected chi connectivity index (χ1v) is 4.99. The summed E-state index contributed by atoms with van der Waals surface area (Å²) in [6.07, 6.45) is 0. The van der Waals surface area contributed by atoms with Gasteiger partial charge in [-0.2, -0.15) is 0 Å². The van der Waals surface area contributed by atoms with E-state index in [0.717, 1.165) is 9.26 Å². The van der Waals surface area contributed by atoms with Crippen molar-refractivity contribution in [1.82, 2.24) is 0 Å². The van der Waals surface area contributed by atoms with Gasteiger partial charge in [-0.1, -0.05) is 0 Å². The highest BCUT2D eigenvalue weighted by Crippen LogP contribution is 2.10. The van der Waals surface area contributed by atoms with Gasteiger partial charge in [0.1, 0.15) is 0 Å². The molecule has 1 aromatic carbocycles. The van der Waals surface area contributed by atoms with E-state index in [0.29, 0.717) is 0 Å². The molecule has 1 rings (SSSR count). The lowest BCUT2D eigenvalue weighted by Crippen LogP contribution is -2.32. The van der Waals surface area contributed by atoms with Crippen LogP contribution in [0.3, 0.4) is 0 Å². The Bertz CT molecular complexity index is 295. The van der Waals surface area contributed by atoms with Crippen molar-refractivity contribution in [2.45, 2.75) is 13.0 Å². The van der Waals surface area contributed by atoms with E-state index in [2.05, 4.69) is 27.9 Å². The third-order valence-electron chi connectivity index (χ3n) is 1.53. The molecule has 3 N–H and O–H groups in total. The van der Waals surface area contributed by atoms with Crippen LogP contribution in [0.5, 0.6) is 0 Å². The second-order valence-corrected chi connectivity index (χ2v) is 4.03. The number of hydrogen-bond acceptors (Lipinski definition) is 2. The maximum Gasteiger partial charge on any atom is 0.240 e. The van der Waals surface area contributed by atoms with Crippen LogP contribution in [0.2, 0.25) is 0 Å². The second-order valence-electron chi connectivity index (χ2n) is 2.78.